The Kier molecular flexibility index (Phi) is 2.18. The minimum Gasteiger partial charge on any atom is -0.265 e. The summed E-state index contributed by atoms with van der Waals surface area (Å²) in [6.07, 6.45) is 5.23. The Hall–Kier alpha value is -2.55. The van der Waals surface area contributed by atoms with Gasteiger partial charge in [-0.3, -0.25) is 4.89 Å². The maximum absolute atomic E-state index is 5.02. The van der Waals surface area contributed by atoms with Crippen LogP contribution < -0.4 is 15.5 Å². The fourth-order valence-corrected chi connectivity index (χ4v) is 2.61. The lowest BCUT2D eigenvalue weighted by Gasteiger charge is -2.13. The molecule has 0 unspecified atom stereocenters. The molecule has 2 aromatic carbocycles. The molecule has 0 bridgehead atoms. The third-order valence-electron chi connectivity index (χ3n) is 3.49. The van der Waals surface area contributed by atoms with Crippen LogP contribution in [0.1, 0.15) is 17.5 Å². The smallest absolute Gasteiger partial charge is 0.210 e. The van der Waals surface area contributed by atoms with Gasteiger partial charge in [0.1, 0.15) is 0 Å². The van der Waals surface area contributed by atoms with Crippen molar-refractivity contribution in [3.05, 3.63) is 70.2 Å². The van der Waals surface area contributed by atoms with E-state index in [1.165, 1.54) is 16.7 Å². The molecule has 19 heavy (non-hydrogen) atoms. The molecule has 3 nitrogen and oxygen atoms in total. The first kappa shape index (κ1) is 10.4. The average molecular weight is 249 g/mol. The summed E-state index contributed by atoms with van der Waals surface area (Å²) in [6, 6.07) is 14.3. The highest BCUT2D eigenvalue weighted by Gasteiger charge is 2.14. The number of fused-ring (bicyclic) bond motifs is 2. The first-order chi connectivity index (χ1) is 9.43. The molecule has 1 aliphatic heterocycles. The summed E-state index contributed by atoms with van der Waals surface area (Å²) in [7, 11) is 0. The fourth-order valence-electron chi connectivity index (χ4n) is 2.61. The van der Waals surface area contributed by atoms with Gasteiger partial charge in [-0.15, -0.1) is 0 Å². The minimum absolute atomic E-state index is 0.678. The van der Waals surface area contributed by atoms with E-state index in [2.05, 4.69) is 47.6 Å². The Bertz CT molecular complexity index is 806. The molecule has 1 heterocycles. The predicted octanol–water partition coefficient (Wildman–Crippen LogP) is 2.16. The number of hydrogen-bond acceptors (Lipinski definition) is 3. The average Bonchev–Trinajstić information content (AvgIpc) is 2.95. The molecule has 0 fully saturated rings. The van der Waals surface area contributed by atoms with Gasteiger partial charge < -0.3 is 0 Å². The summed E-state index contributed by atoms with van der Waals surface area (Å²) < 4.78 is 0. The number of rotatable bonds is 0. The highest BCUT2D eigenvalue weighted by Crippen LogP contribution is 2.26. The van der Waals surface area contributed by atoms with Crippen molar-refractivity contribution in [3.8, 4) is 5.75 Å². The van der Waals surface area contributed by atoms with Crippen molar-refractivity contribution in [2.45, 2.75) is 6.42 Å². The largest absolute Gasteiger partial charge is 0.265 e. The molecule has 2 aliphatic rings. The first-order valence-corrected chi connectivity index (χ1v) is 6.23. The second-order valence-corrected chi connectivity index (χ2v) is 4.57. The van der Waals surface area contributed by atoms with Crippen molar-refractivity contribution in [2.75, 3.05) is 0 Å². The topological polar surface area (TPSA) is 30.8 Å². The molecule has 0 atom stereocenters. The monoisotopic (exact) mass is 249 g/mol. The lowest BCUT2D eigenvalue weighted by Crippen LogP contribution is -2.27. The van der Waals surface area contributed by atoms with Crippen LogP contribution in [0.4, 0.5) is 0 Å². The van der Waals surface area contributed by atoms with Gasteiger partial charge in [0.15, 0.2) is 5.36 Å². The van der Waals surface area contributed by atoms with Crippen LogP contribution in [-0.4, -0.2) is 0 Å². The Morgan fingerprint density at radius 3 is 2.95 bits per heavy atom. The molecular formula is C16H11NO2. The molecular weight excluding hydrogens is 238 g/mol. The minimum atomic E-state index is 0.678. The third-order valence-corrected chi connectivity index (χ3v) is 3.49. The van der Waals surface area contributed by atoms with Gasteiger partial charge >= 0.3 is 0 Å². The van der Waals surface area contributed by atoms with Crippen molar-refractivity contribution in [2.24, 2.45) is 5.16 Å². The second kappa shape index (κ2) is 3.99. The predicted molar refractivity (Wildman–Crippen MR) is 71.5 cm³/mol. The molecule has 0 spiro atoms. The zero-order chi connectivity index (χ0) is 12.7. The quantitative estimate of drug-likeness (QED) is 0.670. The Labute approximate surface area is 110 Å². The van der Waals surface area contributed by atoms with Crippen molar-refractivity contribution in [1.29, 1.82) is 0 Å². The van der Waals surface area contributed by atoms with Crippen LogP contribution >= 0.6 is 0 Å². The summed E-state index contributed by atoms with van der Waals surface area (Å²) in [5, 5.41) is 5.84. The highest BCUT2D eigenvalue weighted by atomic mass is 17.3. The van der Waals surface area contributed by atoms with E-state index in [-0.39, 0.29) is 0 Å². The summed E-state index contributed by atoms with van der Waals surface area (Å²) in [6.45, 7) is 0. The van der Waals surface area contributed by atoms with E-state index in [4.69, 9.17) is 9.88 Å². The van der Waals surface area contributed by atoms with E-state index >= 15 is 0 Å². The zero-order valence-corrected chi connectivity index (χ0v) is 10.2. The van der Waals surface area contributed by atoms with E-state index in [9.17, 15) is 0 Å². The number of hydrogen-bond donors (Lipinski definition) is 0. The molecule has 0 aromatic heterocycles. The molecule has 0 amide bonds. The molecule has 0 radical (unpaired) electrons. The summed E-state index contributed by atoms with van der Waals surface area (Å²) in [5.74, 6) is 0.678. The SMILES string of the molecule is C1=Cc2ccccc2C(=c2cccc3c2=NOO3)C1. The Morgan fingerprint density at radius 2 is 1.95 bits per heavy atom. The normalized spacial score (nSPS) is 17.9. The molecule has 1 aliphatic carbocycles. The summed E-state index contributed by atoms with van der Waals surface area (Å²) in [5.41, 5.74) is 3.74. The van der Waals surface area contributed by atoms with Gasteiger partial charge in [-0.25, -0.2) is 0 Å². The van der Waals surface area contributed by atoms with Crippen LogP contribution in [0.15, 0.2) is 53.7 Å². The lowest BCUT2D eigenvalue weighted by atomic mass is 9.90. The van der Waals surface area contributed by atoms with Gasteiger partial charge in [-0.2, -0.15) is 4.99 Å². The zero-order valence-electron chi connectivity index (χ0n) is 10.2. The molecule has 4 rings (SSSR count). The van der Waals surface area contributed by atoms with Crippen molar-refractivity contribution in [1.82, 2.24) is 0 Å². The van der Waals surface area contributed by atoms with E-state index in [1.54, 1.807) is 0 Å². The van der Waals surface area contributed by atoms with E-state index < -0.39 is 0 Å². The first-order valence-electron chi connectivity index (χ1n) is 6.23. The molecule has 3 heteroatoms. The lowest BCUT2D eigenvalue weighted by molar-refractivity contribution is -0.194. The number of benzene rings is 2. The van der Waals surface area contributed by atoms with Crippen molar-refractivity contribution < 1.29 is 9.88 Å². The van der Waals surface area contributed by atoms with Crippen LogP contribution in [0, 0.1) is 0 Å². The molecule has 2 aromatic rings. The van der Waals surface area contributed by atoms with Crippen molar-refractivity contribution in [3.63, 3.8) is 0 Å². The van der Waals surface area contributed by atoms with Gasteiger partial charge in [0, 0.05) is 5.22 Å². The van der Waals surface area contributed by atoms with E-state index in [1.807, 2.05) is 12.1 Å². The Morgan fingerprint density at radius 1 is 1.00 bits per heavy atom. The molecule has 0 N–H and O–H groups in total. The standard InChI is InChI=1S/C16H11NO2/c1-2-7-12-11(5-1)6-3-8-13(12)14-9-4-10-15-16(14)17-19-18-15/h1-7,9-10H,8H2. The fraction of sp³-hybridized carbons (Fsp3) is 0.0625. The van der Waals surface area contributed by atoms with Crippen LogP contribution in [0.2, 0.25) is 0 Å². The van der Waals surface area contributed by atoms with Crippen LogP contribution in [0.25, 0.3) is 11.6 Å². The molecule has 0 saturated carbocycles. The summed E-state index contributed by atoms with van der Waals surface area (Å²) >= 11 is 0. The second-order valence-electron chi connectivity index (χ2n) is 4.57. The molecule has 92 valence electrons. The maximum atomic E-state index is 5.02. The van der Waals surface area contributed by atoms with Crippen LogP contribution in [-0.2, 0) is 4.99 Å². The number of nitrogens with zero attached hydrogens (tertiary/aromatic N) is 1. The summed E-state index contributed by atoms with van der Waals surface area (Å²) in [4.78, 5) is 9.75. The van der Waals surface area contributed by atoms with Gasteiger partial charge in [0.25, 0.3) is 0 Å². The van der Waals surface area contributed by atoms with Gasteiger partial charge in [0.05, 0.1) is 0 Å². The van der Waals surface area contributed by atoms with E-state index in [0.717, 1.165) is 17.0 Å². The maximum Gasteiger partial charge on any atom is 0.210 e. The van der Waals surface area contributed by atoms with Crippen LogP contribution in [0.3, 0.4) is 0 Å². The van der Waals surface area contributed by atoms with Crippen molar-refractivity contribution >= 4 is 11.6 Å². The van der Waals surface area contributed by atoms with Gasteiger partial charge in [-0.05, 0) is 34.3 Å². The van der Waals surface area contributed by atoms with Gasteiger partial charge in [0.2, 0.25) is 5.75 Å². The third kappa shape index (κ3) is 1.55. The Balaban J connectivity index is 2.12. The van der Waals surface area contributed by atoms with Crippen LogP contribution in [0.5, 0.6) is 5.75 Å². The van der Waals surface area contributed by atoms with E-state index in [0.29, 0.717) is 5.75 Å². The van der Waals surface area contributed by atoms with Gasteiger partial charge in [-0.1, -0.05) is 48.6 Å². The number of allylic oxidation sites excluding steroid dienone is 1. The highest BCUT2D eigenvalue weighted by molar-refractivity contribution is 5.78. The molecule has 0 saturated heterocycles.